The smallest absolute Gasteiger partial charge is 0.159 e. The number of anilines is 3. The molecule has 0 unspecified atom stereocenters. The first-order valence-electron chi connectivity index (χ1n) is 21.9. The van der Waals surface area contributed by atoms with E-state index >= 15 is 0 Å². The predicted molar refractivity (Wildman–Crippen MR) is 264 cm³/mol. The van der Waals surface area contributed by atoms with Gasteiger partial charge in [-0.05, 0) is 98.6 Å². The van der Waals surface area contributed by atoms with Gasteiger partial charge in [0.05, 0.1) is 11.1 Å². The van der Waals surface area contributed by atoms with Gasteiger partial charge in [-0.1, -0.05) is 188 Å². The Morgan fingerprint density at radius 1 is 0.312 bits per heavy atom. The zero-order valence-corrected chi connectivity index (χ0v) is 34.8. The Morgan fingerprint density at radius 2 is 0.844 bits per heavy atom. The highest BCUT2D eigenvalue weighted by molar-refractivity contribution is 6.13. The summed E-state index contributed by atoms with van der Waals surface area (Å²) in [6, 6.07) is 84.9. The molecule has 0 saturated heterocycles. The lowest BCUT2D eigenvalue weighted by Crippen LogP contribution is -2.28. The minimum atomic E-state index is -0.522. The van der Waals surface area contributed by atoms with Crippen LogP contribution in [0.1, 0.15) is 22.3 Å². The van der Waals surface area contributed by atoms with Gasteiger partial charge in [0.15, 0.2) is 5.58 Å². The number of fused-ring (bicyclic) bond motifs is 9. The van der Waals surface area contributed by atoms with Gasteiger partial charge in [0.1, 0.15) is 16.7 Å². The van der Waals surface area contributed by atoms with E-state index in [2.05, 4.69) is 229 Å². The number of nitrogens with zero attached hydrogens (tertiary/aromatic N) is 1. The van der Waals surface area contributed by atoms with Crippen LogP contribution in [0.3, 0.4) is 0 Å². The van der Waals surface area contributed by atoms with E-state index in [0.717, 1.165) is 77.6 Å². The van der Waals surface area contributed by atoms with Crippen LogP contribution in [0.4, 0.5) is 17.1 Å². The number of furan rings is 2. The zero-order chi connectivity index (χ0) is 42.2. The van der Waals surface area contributed by atoms with E-state index in [9.17, 15) is 0 Å². The third-order valence-corrected chi connectivity index (χ3v) is 13.4. The maximum atomic E-state index is 7.21. The number of hydrogen-bond acceptors (Lipinski definition) is 3. The fraction of sp³-hybridized carbons (Fsp3) is 0.0164. The van der Waals surface area contributed by atoms with E-state index in [1.165, 1.54) is 38.9 Å². The molecule has 0 spiro atoms. The van der Waals surface area contributed by atoms with Crippen LogP contribution in [0.2, 0.25) is 0 Å². The summed E-state index contributed by atoms with van der Waals surface area (Å²) in [6.07, 6.45) is 0. The molecule has 64 heavy (non-hydrogen) atoms. The van der Waals surface area contributed by atoms with Crippen molar-refractivity contribution in [1.82, 2.24) is 0 Å². The topological polar surface area (TPSA) is 29.5 Å². The average Bonchev–Trinajstić information content (AvgIpc) is 4.03. The van der Waals surface area contributed by atoms with Crippen LogP contribution in [0, 0.1) is 0 Å². The van der Waals surface area contributed by atoms with Gasteiger partial charge >= 0.3 is 0 Å². The van der Waals surface area contributed by atoms with E-state index in [4.69, 9.17) is 8.83 Å². The molecule has 13 rings (SSSR count). The molecule has 3 nitrogen and oxygen atoms in total. The molecular formula is C61H39NO2. The van der Waals surface area contributed by atoms with Crippen molar-refractivity contribution >= 4 is 60.9 Å². The second kappa shape index (κ2) is 14.3. The molecule has 300 valence electrons. The number of hydrogen-bond donors (Lipinski definition) is 0. The largest absolute Gasteiger partial charge is 0.455 e. The van der Waals surface area contributed by atoms with Gasteiger partial charge in [-0.25, -0.2) is 0 Å². The molecule has 1 aliphatic carbocycles. The first-order chi connectivity index (χ1) is 31.7. The molecule has 12 aromatic rings. The van der Waals surface area contributed by atoms with E-state index in [0.29, 0.717) is 0 Å². The van der Waals surface area contributed by atoms with E-state index in [1.807, 2.05) is 12.1 Å². The van der Waals surface area contributed by atoms with E-state index < -0.39 is 5.41 Å². The second-order valence-electron chi connectivity index (χ2n) is 16.8. The third kappa shape index (κ3) is 5.41. The predicted octanol–water partition coefficient (Wildman–Crippen LogP) is 16.7. The van der Waals surface area contributed by atoms with Gasteiger partial charge < -0.3 is 13.7 Å². The first-order valence-corrected chi connectivity index (χ1v) is 21.9. The van der Waals surface area contributed by atoms with Gasteiger partial charge in [-0.3, -0.25) is 0 Å². The molecule has 3 heteroatoms. The first kappa shape index (κ1) is 36.3. The highest BCUT2D eigenvalue weighted by Gasteiger charge is 2.46. The van der Waals surface area contributed by atoms with Crippen LogP contribution in [0.25, 0.3) is 77.3 Å². The Balaban J connectivity index is 1.00. The molecule has 0 radical (unpaired) electrons. The average molecular weight is 818 g/mol. The molecule has 0 amide bonds. The maximum Gasteiger partial charge on any atom is 0.159 e. The van der Waals surface area contributed by atoms with Crippen molar-refractivity contribution in [3.05, 3.63) is 259 Å². The molecular weight excluding hydrogens is 779 g/mol. The van der Waals surface area contributed by atoms with Gasteiger partial charge in [-0.2, -0.15) is 0 Å². The minimum Gasteiger partial charge on any atom is -0.455 e. The van der Waals surface area contributed by atoms with Crippen LogP contribution < -0.4 is 4.90 Å². The summed E-state index contributed by atoms with van der Waals surface area (Å²) >= 11 is 0. The molecule has 0 fully saturated rings. The minimum absolute atomic E-state index is 0.522. The highest BCUT2D eigenvalue weighted by atomic mass is 16.3. The molecule has 2 aromatic heterocycles. The molecule has 2 heterocycles. The zero-order valence-electron chi connectivity index (χ0n) is 34.8. The summed E-state index contributed by atoms with van der Waals surface area (Å²) in [7, 11) is 0. The van der Waals surface area contributed by atoms with Crippen LogP contribution in [0.15, 0.2) is 245 Å². The van der Waals surface area contributed by atoms with Gasteiger partial charge in [0, 0.05) is 38.5 Å². The van der Waals surface area contributed by atoms with Crippen LogP contribution in [0.5, 0.6) is 0 Å². The number of rotatable bonds is 7. The van der Waals surface area contributed by atoms with E-state index in [1.54, 1.807) is 0 Å². The Kier molecular flexibility index (Phi) is 8.13. The molecule has 0 bridgehead atoms. The van der Waals surface area contributed by atoms with Gasteiger partial charge in [0.25, 0.3) is 0 Å². The Hall–Kier alpha value is -8.40. The molecule has 0 aliphatic heterocycles. The summed E-state index contributed by atoms with van der Waals surface area (Å²) in [5.74, 6) is 0. The third-order valence-electron chi connectivity index (χ3n) is 13.4. The van der Waals surface area contributed by atoms with Crippen LogP contribution in [-0.2, 0) is 5.41 Å². The standard InChI is InChI=1S/C61H39NO2/c1-4-16-40(17-5-1)41-30-34-45(35-31-41)62(46-36-32-42(33-37-46)47-24-14-25-50-49-23-11-13-29-57(49)63-59(47)50)56-28-15-26-51-53-38-52-48-22-10-12-27-54(48)61(43-18-6-2-7-19-43,44-20-8-3-9-21-44)55(52)39-58(53)64-60(51)56/h1-39H. The molecule has 0 atom stereocenters. The highest BCUT2D eigenvalue weighted by Crippen LogP contribution is 2.57. The molecule has 0 saturated carbocycles. The Morgan fingerprint density at radius 3 is 1.56 bits per heavy atom. The van der Waals surface area contributed by atoms with Crippen molar-refractivity contribution in [1.29, 1.82) is 0 Å². The Labute approximate surface area is 370 Å². The van der Waals surface area contributed by atoms with Crippen molar-refractivity contribution < 1.29 is 8.83 Å². The SMILES string of the molecule is c1ccc(-c2ccc(N(c3ccc(-c4cccc5c4oc4ccccc45)cc3)c3cccc4c3oc3cc5c(cc34)-c3ccccc3C5(c3ccccc3)c3ccccc3)cc2)cc1. The fourth-order valence-electron chi connectivity index (χ4n) is 10.5. The van der Waals surface area contributed by atoms with Crippen LogP contribution >= 0.6 is 0 Å². The molecule has 10 aromatic carbocycles. The number of benzene rings is 10. The van der Waals surface area contributed by atoms with Crippen molar-refractivity contribution in [2.45, 2.75) is 5.41 Å². The fourth-order valence-corrected chi connectivity index (χ4v) is 10.5. The lowest BCUT2D eigenvalue weighted by Gasteiger charge is -2.33. The summed E-state index contributed by atoms with van der Waals surface area (Å²) in [4.78, 5) is 2.33. The Bertz CT molecular complexity index is 3660. The quantitative estimate of drug-likeness (QED) is 0.160. The summed E-state index contributed by atoms with van der Waals surface area (Å²) in [5.41, 5.74) is 17.9. The van der Waals surface area contributed by atoms with Crippen molar-refractivity contribution in [3.8, 4) is 33.4 Å². The summed E-state index contributed by atoms with van der Waals surface area (Å²) in [6.45, 7) is 0. The normalized spacial score (nSPS) is 12.8. The monoisotopic (exact) mass is 817 g/mol. The van der Waals surface area contributed by atoms with Gasteiger partial charge in [0.2, 0.25) is 0 Å². The van der Waals surface area contributed by atoms with Crippen molar-refractivity contribution in [3.63, 3.8) is 0 Å². The second-order valence-corrected chi connectivity index (χ2v) is 16.8. The van der Waals surface area contributed by atoms with Crippen LogP contribution in [-0.4, -0.2) is 0 Å². The van der Waals surface area contributed by atoms with E-state index in [-0.39, 0.29) is 0 Å². The maximum absolute atomic E-state index is 7.21. The van der Waals surface area contributed by atoms with Crippen molar-refractivity contribution in [2.75, 3.05) is 4.90 Å². The summed E-state index contributed by atoms with van der Waals surface area (Å²) in [5, 5.41) is 4.41. The van der Waals surface area contributed by atoms with Gasteiger partial charge in [-0.15, -0.1) is 0 Å². The lowest BCUT2D eigenvalue weighted by molar-refractivity contribution is 0.666. The molecule has 1 aliphatic rings. The lowest BCUT2D eigenvalue weighted by atomic mass is 9.67. The summed E-state index contributed by atoms with van der Waals surface area (Å²) < 4.78 is 13.7. The van der Waals surface area contributed by atoms with Crippen molar-refractivity contribution in [2.24, 2.45) is 0 Å². The number of para-hydroxylation sites is 3. The molecule has 0 N–H and O–H groups in total.